The second kappa shape index (κ2) is 13.0. The van der Waals surface area contributed by atoms with Crippen LogP contribution in [-0.4, -0.2) is 43.5 Å². The molecule has 1 atom stereocenters. The van der Waals surface area contributed by atoms with E-state index in [1.54, 1.807) is 0 Å². The first-order chi connectivity index (χ1) is 6.63. The lowest BCUT2D eigenvalue weighted by molar-refractivity contribution is -0.122. The molecule has 0 rings (SSSR count). The number of carbonyl (C=O) groups excluding carboxylic acids is 1. The van der Waals surface area contributed by atoms with Crippen LogP contribution in [0.1, 0.15) is 20.8 Å². The highest BCUT2D eigenvalue weighted by molar-refractivity contribution is 5.85. The number of amides is 1. The maximum absolute atomic E-state index is 11.4. The summed E-state index contributed by atoms with van der Waals surface area (Å²) in [6.07, 6.45) is 0. The van der Waals surface area contributed by atoms with Crippen LogP contribution in [0, 0.1) is 5.92 Å². The fourth-order valence-electron chi connectivity index (χ4n) is 1.08. The second-order valence-electron chi connectivity index (χ2n) is 3.61. The Bertz CT molecular complexity index is 166. The molecule has 16 heavy (non-hydrogen) atoms. The number of likely N-dealkylation sites (N-methyl/N-ethyl adjacent to an activating group) is 1. The van der Waals surface area contributed by atoms with Crippen molar-refractivity contribution < 1.29 is 4.79 Å². The first-order valence-corrected chi connectivity index (χ1v) is 5.33. The smallest absolute Gasteiger partial charge is 0.234 e. The van der Waals surface area contributed by atoms with Gasteiger partial charge < -0.3 is 11.1 Å². The molecule has 0 aromatic rings. The van der Waals surface area contributed by atoms with Crippen molar-refractivity contribution in [3.63, 3.8) is 0 Å². The van der Waals surface area contributed by atoms with Crippen molar-refractivity contribution in [3.8, 4) is 0 Å². The number of rotatable bonds is 7. The molecule has 0 saturated heterocycles. The minimum absolute atomic E-state index is 0. The normalized spacial score (nSPS) is 11.3. The van der Waals surface area contributed by atoms with Gasteiger partial charge in [0.15, 0.2) is 0 Å². The Balaban J connectivity index is -0.000000845. The van der Waals surface area contributed by atoms with E-state index in [1.807, 2.05) is 6.92 Å². The Kier molecular flexibility index (Phi) is 17.3. The van der Waals surface area contributed by atoms with Gasteiger partial charge in [0.2, 0.25) is 5.91 Å². The maximum Gasteiger partial charge on any atom is 0.234 e. The maximum atomic E-state index is 11.4. The van der Waals surface area contributed by atoms with Gasteiger partial charge in [-0.15, -0.1) is 24.8 Å². The van der Waals surface area contributed by atoms with E-state index in [2.05, 4.69) is 24.1 Å². The molecule has 1 unspecified atom stereocenters. The first-order valence-electron chi connectivity index (χ1n) is 5.33. The fraction of sp³-hybridized carbons (Fsp3) is 0.900. The number of hydrogen-bond donors (Lipinski definition) is 2. The van der Waals surface area contributed by atoms with Crippen LogP contribution < -0.4 is 11.1 Å². The molecule has 0 aromatic heterocycles. The number of nitrogens with one attached hydrogen (secondary N) is 1. The molecule has 0 aromatic carbocycles. The quantitative estimate of drug-likeness (QED) is 0.724. The van der Waals surface area contributed by atoms with Gasteiger partial charge in [-0.05, 0) is 25.6 Å². The number of nitrogens with two attached hydrogens (primary N) is 1. The highest BCUT2D eigenvalue weighted by Crippen LogP contribution is 1.89. The zero-order chi connectivity index (χ0) is 11.0. The van der Waals surface area contributed by atoms with Gasteiger partial charge in [0.05, 0.1) is 6.54 Å². The van der Waals surface area contributed by atoms with E-state index in [4.69, 9.17) is 5.73 Å². The van der Waals surface area contributed by atoms with Gasteiger partial charge in [0.25, 0.3) is 0 Å². The summed E-state index contributed by atoms with van der Waals surface area (Å²) >= 11 is 0. The molecule has 0 heterocycles. The van der Waals surface area contributed by atoms with E-state index in [0.29, 0.717) is 25.6 Å². The van der Waals surface area contributed by atoms with Gasteiger partial charge in [-0.1, -0.05) is 20.8 Å². The molecular formula is C10H25Cl2N3O. The molecule has 100 valence electrons. The third-order valence-electron chi connectivity index (χ3n) is 2.31. The highest BCUT2D eigenvalue weighted by Gasteiger charge is 2.07. The van der Waals surface area contributed by atoms with Crippen LogP contribution in [0.2, 0.25) is 0 Å². The summed E-state index contributed by atoms with van der Waals surface area (Å²) in [4.78, 5) is 13.5. The summed E-state index contributed by atoms with van der Waals surface area (Å²) in [5, 5.41) is 2.87. The van der Waals surface area contributed by atoms with E-state index in [1.165, 1.54) is 0 Å². The van der Waals surface area contributed by atoms with Gasteiger partial charge in [-0.3, -0.25) is 9.69 Å². The molecule has 0 aliphatic heterocycles. The zero-order valence-corrected chi connectivity index (χ0v) is 12.0. The van der Waals surface area contributed by atoms with Crippen molar-refractivity contribution in [2.45, 2.75) is 20.8 Å². The zero-order valence-electron chi connectivity index (χ0n) is 10.4. The third-order valence-corrected chi connectivity index (χ3v) is 2.31. The summed E-state index contributed by atoms with van der Waals surface area (Å²) in [7, 11) is 0. The van der Waals surface area contributed by atoms with Gasteiger partial charge in [0.1, 0.15) is 0 Å². The average Bonchev–Trinajstić information content (AvgIpc) is 2.22. The molecule has 0 radical (unpaired) electrons. The minimum atomic E-state index is 0. The minimum Gasteiger partial charge on any atom is -0.355 e. The summed E-state index contributed by atoms with van der Waals surface area (Å²) in [6.45, 7) is 9.75. The summed E-state index contributed by atoms with van der Waals surface area (Å²) in [5.41, 5.74) is 5.45. The van der Waals surface area contributed by atoms with Crippen molar-refractivity contribution in [2.75, 3.05) is 32.7 Å². The first kappa shape index (κ1) is 21.3. The summed E-state index contributed by atoms with van der Waals surface area (Å²) in [5.74, 6) is 0.449. The van der Waals surface area contributed by atoms with Gasteiger partial charge in [-0.2, -0.15) is 0 Å². The van der Waals surface area contributed by atoms with Crippen LogP contribution >= 0.6 is 24.8 Å². The molecule has 0 saturated carbocycles. The van der Waals surface area contributed by atoms with E-state index in [0.717, 1.165) is 13.1 Å². The number of hydrogen-bond acceptors (Lipinski definition) is 3. The number of nitrogens with zero attached hydrogens (tertiary/aromatic N) is 1. The largest absolute Gasteiger partial charge is 0.355 e. The van der Waals surface area contributed by atoms with Crippen LogP contribution in [0.3, 0.4) is 0 Å². The van der Waals surface area contributed by atoms with Gasteiger partial charge in [-0.25, -0.2) is 0 Å². The second-order valence-corrected chi connectivity index (χ2v) is 3.61. The fourth-order valence-corrected chi connectivity index (χ4v) is 1.08. The van der Waals surface area contributed by atoms with Crippen molar-refractivity contribution in [1.29, 1.82) is 0 Å². The molecule has 4 nitrogen and oxygen atoms in total. The van der Waals surface area contributed by atoms with E-state index in [-0.39, 0.29) is 30.7 Å². The molecule has 0 spiro atoms. The monoisotopic (exact) mass is 273 g/mol. The van der Waals surface area contributed by atoms with Crippen LogP contribution in [0.25, 0.3) is 0 Å². The van der Waals surface area contributed by atoms with Crippen molar-refractivity contribution in [3.05, 3.63) is 0 Å². The van der Waals surface area contributed by atoms with Crippen molar-refractivity contribution in [2.24, 2.45) is 11.7 Å². The Labute approximate surface area is 111 Å². The molecular weight excluding hydrogens is 249 g/mol. The molecule has 6 heteroatoms. The van der Waals surface area contributed by atoms with Crippen molar-refractivity contribution in [1.82, 2.24) is 10.2 Å². The summed E-state index contributed by atoms with van der Waals surface area (Å²) in [6, 6.07) is 0. The van der Waals surface area contributed by atoms with E-state index in [9.17, 15) is 4.79 Å². The molecule has 3 N–H and O–H groups in total. The van der Waals surface area contributed by atoms with Gasteiger partial charge >= 0.3 is 0 Å². The van der Waals surface area contributed by atoms with Crippen LogP contribution in [0.5, 0.6) is 0 Å². The van der Waals surface area contributed by atoms with Crippen molar-refractivity contribution >= 4 is 30.7 Å². The Morgan fingerprint density at radius 2 is 1.81 bits per heavy atom. The topological polar surface area (TPSA) is 58.4 Å². The lowest BCUT2D eigenvalue weighted by Gasteiger charge is -2.18. The highest BCUT2D eigenvalue weighted by atomic mass is 35.5. The summed E-state index contributed by atoms with van der Waals surface area (Å²) < 4.78 is 0. The lowest BCUT2D eigenvalue weighted by Crippen LogP contribution is -2.39. The van der Waals surface area contributed by atoms with E-state index < -0.39 is 0 Å². The number of carbonyl (C=O) groups is 1. The average molecular weight is 274 g/mol. The van der Waals surface area contributed by atoms with E-state index >= 15 is 0 Å². The molecule has 0 aliphatic rings. The Morgan fingerprint density at radius 1 is 1.31 bits per heavy atom. The molecule has 0 aliphatic carbocycles. The lowest BCUT2D eigenvalue weighted by atomic mass is 10.2. The van der Waals surface area contributed by atoms with Crippen LogP contribution in [-0.2, 0) is 4.79 Å². The third kappa shape index (κ3) is 10.5. The molecule has 1 amide bonds. The Morgan fingerprint density at radius 3 is 2.19 bits per heavy atom. The molecule has 0 bridgehead atoms. The predicted molar refractivity (Wildman–Crippen MR) is 73.5 cm³/mol. The number of halogens is 2. The van der Waals surface area contributed by atoms with Gasteiger partial charge in [0, 0.05) is 6.54 Å². The standard InChI is InChI=1S/C10H23N3O.2ClH/c1-4-13(5-2)8-10(14)12-7-9(3)6-11;;/h9H,4-8,11H2,1-3H3,(H,12,14);2*1H. The molecule has 0 fully saturated rings. The van der Waals surface area contributed by atoms with Crippen LogP contribution in [0.4, 0.5) is 0 Å². The SMILES string of the molecule is CCN(CC)CC(=O)NCC(C)CN.Cl.Cl. The predicted octanol–water partition coefficient (Wildman–Crippen LogP) is 0.883. The van der Waals surface area contributed by atoms with Crippen LogP contribution in [0.15, 0.2) is 0 Å². The Hall–Kier alpha value is -0.0300.